The third kappa shape index (κ3) is 1.47. The van der Waals surface area contributed by atoms with Crippen molar-refractivity contribution in [1.29, 1.82) is 0 Å². The summed E-state index contributed by atoms with van der Waals surface area (Å²) < 4.78 is 5.38. The summed E-state index contributed by atoms with van der Waals surface area (Å²) in [6.45, 7) is 0.629. The molecule has 0 bridgehead atoms. The van der Waals surface area contributed by atoms with Crippen molar-refractivity contribution in [3.05, 3.63) is 24.0 Å². The topological polar surface area (TPSA) is 51.2 Å². The first-order chi connectivity index (χ1) is 6.42. The Balaban J connectivity index is 2.31. The van der Waals surface area contributed by atoms with E-state index in [-0.39, 0.29) is 6.04 Å². The van der Waals surface area contributed by atoms with E-state index in [9.17, 15) is 4.79 Å². The molecule has 1 aliphatic heterocycles. The van der Waals surface area contributed by atoms with Crippen LogP contribution >= 0.6 is 0 Å². The van der Waals surface area contributed by atoms with E-state index in [1.165, 1.54) is 0 Å². The Kier molecular flexibility index (Phi) is 2.12. The van der Waals surface area contributed by atoms with Crippen molar-refractivity contribution in [3.8, 4) is 5.75 Å². The second-order valence-electron chi connectivity index (χ2n) is 2.86. The van der Waals surface area contributed by atoms with Gasteiger partial charge in [0.25, 0.3) is 0 Å². The van der Waals surface area contributed by atoms with Gasteiger partial charge in [0.2, 0.25) is 6.41 Å². The van der Waals surface area contributed by atoms with E-state index in [1.54, 1.807) is 6.20 Å². The lowest BCUT2D eigenvalue weighted by Gasteiger charge is -2.23. The Bertz CT molecular complexity index is 314. The van der Waals surface area contributed by atoms with Crippen molar-refractivity contribution in [3.63, 3.8) is 0 Å². The van der Waals surface area contributed by atoms with Gasteiger partial charge in [-0.15, -0.1) is 0 Å². The van der Waals surface area contributed by atoms with Gasteiger partial charge in [-0.05, 0) is 12.1 Å². The molecule has 13 heavy (non-hydrogen) atoms. The third-order valence-corrected chi connectivity index (χ3v) is 2.06. The molecule has 4 heteroatoms. The van der Waals surface area contributed by atoms with E-state index in [0.717, 1.165) is 17.9 Å². The molecule has 1 unspecified atom stereocenters. The predicted octanol–water partition coefficient (Wildman–Crippen LogP) is 0.651. The molecule has 2 rings (SSSR count). The highest BCUT2D eigenvalue weighted by Crippen LogP contribution is 2.28. The van der Waals surface area contributed by atoms with E-state index in [2.05, 4.69) is 10.3 Å². The summed E-state index contributed by atoms with van der Waals surface area (Å²) in [5.41, 5.74) is 0.820. The van der Waals surface area contributed by atoms with Crippen LogP contribution in [0.1, 0.15) is 18.2 Å². The summed E-state index contributed by atoms with van der Waals surface area (Å²) in [4.78, 5) is 14.5. The van der Waals surface area contributed by atoms with Crippen molar-refractivity contribution in [2.45, 2.75) is 12.5 Å². The number of amides is 1. The van der Waals surface area contributed by atoms with Crippen LogP contribution in [0.2, 0.25) is 0 Å². The molecule has 0 radical (unpaired) electrons. The molecule has 0 aliphatic carbocycles. The average molecular weight is 178 g/mol. The van der Waals surface area contributed by atoms with Gasteiger partial charge in [-0.2, -0.15) is 0 Å². The fourth-order valence-corrected chi connectivity index (χ4v) is 1.45. The van der Waals surface area contributed by atoms with Crippen LogP contribution in [0.15, 0.2) is 18.3 Å². The quantitative estimate of drug-likeness (QED) is 0.676. The van der Waals surface area contributed by atoms with Crippen LogP contribution in [0.5, 0.6) is 5.75 Å². The van der Waals surface area contributed by atoms with Gasteiger partial charge in [0.05, 0.1) is 12.6 Å². The van der Waals surface area contributed by atoms with Gasteiger partial charge in [0.15, 0.2) is 0 Å². The average Bonchev–Trinajstić information content (AvgIpc) is 2.19. The number of aromatic nitrogens is 1. The lowest BCUT2D eigenvalue weighted by atomic mass is 10.1. The van der Waals surface area contributed by atoms with Crippen LogP contribution in [0.4, 0.5) is 0 Å². The summed E-state index contributed by atoms with van der Waals surface area (Å²) in [7, 11) is 0. The Morgan fingerprint density at radius 1 is 1.69 bits per heavy atom. The molecule has 1 aliphatic rings. The molecule has 1 aromatic rings. The Morgan fingerprint density at radius 3 is 3.46 bits per heavy atom. The first kappa shape index (κ1) is 8.04. The summed E-state index contributed by atoms with van der Waals surface area (Å²) in [6, 6.07) is 3.69. The smallest absolute Gasteiger partial charge is 0.207 e. The lowest BCUT2D eigenvalue weighted by Crippen LogP contribution is -2.26. The SMILES string of the molecule is O=CNC1CCOc2cccnc21. The fraction of sp³-hybridized carbons (Fsp3) is 0.333. The molecule has 0 fully saturated rings. The van der Waals surface area contributed by atoms with E-state index in [4.69, 9.17) is 4.74 Å². The van der Waals surface area contributed by atoms with Crippen LogP contribution < -0.4 is 10.1 Å². The molecule has 0 saturated heterocycles. The molecule has 0 aromatic carbocycles. The van der Waals surface area contributed by atoms with Crippen molar-refractivity contribution in [2.75, 3.05) is 6.61 Å². The Hall–Kier alpha value is -1.58. The largest absolute Gasteiger partial charge is 0.491 e. The first-order valence-electron chi connectivity index (χ1n) is 4.19. The summed E-state index contributed by atoms with van der Waals surface area (Å²) in [6.07, 6.45) is 3.18. The number of carbonyl (C=O) groups excluding carboxylic acids is 1. The number of hydrogen-bond donors (Lipinski definition) is 1. The van der Waals surface area contributed by atoms with Gasteiger partial charge < -0.3 is 10.1 Å². The van der Waals surface area contributed by atoms with Gasteiger partial charge in [-0.1, -0.05) is 0 Å². The first-order valence-corrected chi connectivity index (χ1v) is 4.19. The maximum absolute atomic E-state index is 10.3. The second kappa shape index (κ2) is 3.43. The zero-order valence-electron chi connectivity index (χ0n) is 7.06. The number of pyridine rings is 1. The minimum atomic E-state index is 0.00227. The number of fused-ring (bicyclic) bond motifs is 1. The number of carbonyl (C=O) groups is 1. The highest BCUT2D eigenvalue weighted by atomic mass is 16.5. The monoisotopic (exact) mass is 178 g/mol. The minimum absolute atomic E-state index is 0.00227. The summed E-state index contributed by atoms with van der Waals surface area (Å²) >= 11 is 0. The molecule has 0 spiro atoms. The van der Waals surface area contributed by atoms with E-state index >= 15 is 0 Å². The molecule has 4 nitrogen and oxygen atoms in total. The highest BCUT2D eigenvalue weighted by Gasteiger charge is 2.21. The standard InChI is InChI=1S/C9H10N2O2/c12-6-11-7-3-5-13-8-2-1-4-10-9(7)8/h1-2,4,6-7H,3,5H2,(H,11,12). The Morgan fingerprint density at radius 2 is 2.62 bits per heavy atom. The zero-order valence-corrected chi connectivity index (χ0v) is 7.06. The third-order valence-electron chi connectivity index (χ3n) is 2.06. The van der Waals surface area contributed by atoms with Crippen LogP contribution in [-0.2, 0) is 4.79 Å². The van der Waals surface area contributed by atoms with Crippen LogP contribution in [0.25, 0.3) is 0 Å². The highest BCUT2D eigenvalue weighted by molar-refractivity contribution is 5.48. The van der Waals surface area contributed by atoms with Crippen molar-refractivity contribution in [2.24, 2.45) is 0 Å². The Labute approximate surface area is 75.9 Å². The second-order valence-corrected chi connectivity index (χ2v) is 2.86. The molecule has 1 amide bonds. The van der Waals surface area contributed by atoms with Gasteiger partial charge >= 0.3 is 0 Å². The molecule has 2 heterocycles. The normalized spacial score (nSPS) is 19.8. The zero-order chi connectivity index (χ0) is 9.10. The number of nitrogens with one attached hydrogen (secondary N) is 1. The lowest BCUT2D eigenvalue weighted by molar-refractivity contribution is -0.110. The van der Waals surface area contributed by atoms with Crippen LogP contribution in [0.3, 0.4) is 0 Å². The van der Waals surface area contributed by atoms with E-state index < -0.39 is 0 Å². The molecular weight excluding hydrogens is 168 g/mol. The molecular formula is C9H10N2O2. The number of nitrogens with zero attached hydrogens (tertiary/aromatic N) is 1. The molecule has 68 valence electrons. The van der Waals surface area contributed by atoms with Crippen LogP contribution in [-0.4, -0.2) is 18.0 Å². The van der Waals surface area contributed by atoms with Crippen molar-refractivity contribution < 1.29 is 9.53 Å². The van der Waals surface area contributed by atoms with Gasteiger partial charge in [0, 0.05) is 12.6 Å². The van der Waals surface area contributed by atoms with Gasteiger partial charge in [0.1, 0.15) is 11.4 Å². The van der Waals surface area contributed by atoms with Crippen molar-refractivity contribution >= 4 is 6.41 Å². The molecule has 1 aromatic heterocycles. The molecule has 1 atom stereocenters. The fourth-order valence-electron chi connectivity index (χ4n) is 1.45. The number of ether oxygens (including phenoxy) is 1. The maximum atomic E-state index is 10.3. The minimum Gasteiger partial charge on any atom is -0.491 e. The predicted molar refractivity (Wildman–Crippen MR) is 46.3 cm³/mol. The molecule has 0 saturated carbocycles. The summed E-state index contributed by atoms with van der Waals surface area (Å²) in [5.74, 6) is 0.771. The van der Waals surface area contributed by atoms with Gasteiger partial charge in [-0.3, -0.25) is 9.78 Å². The number of rotatable bonds is 2. The van der Waals surface area contributed by atoms with E-state index in [0.29, 0.717) is 13.0 Å². The number of hydrogen-bond acceptors (Lipinski definition) is 3. The molecule has 1 N–H and O–H groups in total. The van der Waals surface area contributed by atoms with Gasteiger partial charge in [-0.25, -0.2) is 0 Å². The van der Waals surface area contributed by atoms with Crippen molar-refractivity contribution in [1.82, 2.24) is 10.3 Å². The van der Waals surface area contributed by atoms with E-state index in [1.807, 2.05) is 12.1 Å². The summed E-state index contributed by atoms with van der Waals surface area (Å²) in [5, 5.41) is 2.72. The van der Waals surface area contributed by atoms with Crippen LogP contribution in [0, 0.1) is 0 Å². The maximum Gasteiger partial charge on any atom is 0.207 e.